The zero-order chi connectivity index (χ0) is 13.3. The lowest BCUT2D eigenvalue weighted by Crippen LogP contribution is -2.43. The van der Waals surface area contributed by atoms with Crippen LogP contribution in [0, 0.1) is 11.2 Å². The topological polar surface area (TPSA) is 49.4 Å². The van der Waals surface area contributed by atoms with Crippen LogP contribution in [0.4, 0.5) is 10.1 Å². The van der Waals surface area contributed by atoms with Crippen LogP contribution in [0.2, 0.25) is 0 Å². The summed E-state index contributed by atoms with van der Waals surface area (Å²) in [5, 5.41) is 2.51. The van der Waals surface area contributed by atoms with Crippen molar-refractivity contribution in [1.29, 1.82) is 0 Å². The van der Waals surface area contributed by atoms with Crippen LogP contribution in [-0.2, 0) is 9.59 Å². The summed E-state index contributed by atoms with van der Waals surface area (Å²) in [4.78, 5) is 25.6. The van der Waals surface area contributed by atoms with E-state index < -0.39 is 5.41 Å². The highest BCUT2D eigenvalue weighted by Crippen LogP contribution is 2.34. The first-order valence-electron chi connectivity index (χ1n) is 5.79. The first kappa shape index (κ1) is 12.5. The average molecular weight is 250 g/mol. The molecule has 0 unspecified atom stereocenters. The molecule has 0 radical (unpaired) electrons. The molecule has 0 saturated carbocycles. The Balaban J connectivity index is 2.27. The normalized spacial score (nSPS) is 23.3. The Morgan fingerprint density at radius 1 is 1.39 bits per heavy atom. The van der Waals surface area contributed by atoms with Crippen molar-refractivity contribution in [2.75, 3.05) is 18.5 Å². The molecule has 0 bridgehead atoms. The van der Waals surface area contributed by atoms with Crippen molar-refractivity contribution in [2.45, 2.75) is 13.3 Å². The van der Waals surface area contributed by atoms with Gasteiger partial charge in [-0.3, -0.25) is 9.59 Å². The number of rotatable bonds is 2. The molecular formula is C13H15FN2O2. The molecule has 18 heavy (non-hydrogen) atoms. The van der Waals surface area contributed by atoms with E-state index in [4.69, 9.17) is 0 Å². The number of nitrogens with one attached hydrogen (secondary N) is 1. The molecule has 4 nitrogen and oxygen atoms in total. The van der Waals surface area contributed by atoms with E-state index in [1.54, 1.807) is 19.1 Å². The molecule has 0 aromatic heterocycles. The Morgan fingerprint density at radius 2 is 2.00 bits per heavy atom. The van der Waals surface area contributed by atoms with Gasteiger partial charge in [0, 0.05) is 19.3 Å². The first-order valence-corrected chi connectivity index (χ1v) is 5.79. The van der Waals surface area contributed by atoms with Gasteiger partial charge in [-0.2, -0.15) is 0 Å². The Bertz CT molecular complexity index is 486. The van der Waals surface area contributed by atoms with E-state index in [9.17, 15) is 14.0 Å². The number of hydrogen-bond donors (Lipinski definition) is 1. The molecule has 1 fully saturated rings. The molecule has 1 aliphatic heterocycles. The van der Waals surface area contributed by atoms with E-state index in [-0.39, 0.29) is 17.6 Å². The molecule has 0 aliphatic carbocycles. The lowest BCUT2D eigenvalue weighted by molar-refractivity contribution is -0.138. The number of amides is 2. The largest absolute Gasteiger partial charge is 0.358 e. The van der Waals surface area contributed by atoms with Gasteiger partial charge in [0.05, 0.1) is 0 Å². The number of carbonyl (C=O) groups excluding carboxylic acids is 2. The van der Waals surface area contributed by atoms with E-state index in [1.165, 1.54) is 24.1 Å². The Hall–Kier alpha value is -1.91. The maximum absolute atomic E-state index is 12.8. The highest BCUT2D eigenvalue weighted by Gasteiger charge is 2.48. The maximum atomic E-state index is 12.8. The summed E-state index contributed by atoms with van der Waals surface area (Å²) in [5.41, 5.74) is -0.405. The zero-order valence-corrected chi connectivity index (χ0v) is 10.4. The fraction of sp³-hybridized carbons (Fsp3) is 0.385. The Kier molecular flexibility index (Phi) is 3.07. The zero-order valence-electron chi connectivity index (χ0n) is 10.4. The highest BCUT2D eigenvalue weighted by atomic mass is 19.1. The maximum Gasteiger partial charge on any atom is 0.242 e. The molecule has 2 amide bonds. The number of benzene rings is 1. The van der Waals surface area contributed by atoms with Crippen LogP contribution in [-0.4, -0.2) is 25.4 Å². The van der Waals surface area contributed by atoms with E-state index in [2.05, 4.69) is 5.32 Å². The summed E-state index contributed by atoms with van der Waals surface area (Å²) in [6, 6.07) is 5.70. The standard InChI is InChI=1S/C13H15FN2O2/c1-13(11(17)15-2)7-8-16(12(13)18)10-5-3-9(14)4-6-10/h3-6H,7-8H2,1-2H3,(H,15,17)/t13-/m1/s1. The third-order valence-electron chi connectivity index (χ3n) is 3.42. The molecule has 1 aromatic carbocycles. The second-order valence-corrected chi connectivity index (χ2v) is 4.59. The van der Waals surface area contributed by atoms with E-state index in [1.807, 2.05) is 0 Å². The summed E-state index contributed by atoms with van der Waals surface area (Å²) in [6.07, 6.45) is 0.461. The fourth-order valence-electron chi connectivity index (χ4n) is 2.20. The average Bonchev–Trinajstić information content (AvgIpc) is 2.68. The minimum atomic E-state index is -1.02. The fourth-order valence-corrected chi connectivity index (χ4v) is 2.20. The minimum Gasteiger partial charge on any atom is -0.358 e. The minimum absolute atomic E-state index is 0.242. The third-order valence-corrected chi connectivity index (χ3v) is 3.42. The molecule has 1 heterocycles. The molecule has 1 N–H and O–H groups in total. The van der Waals surface area contributed by atoms with Gasteiger partial charge in [-0.05, 0) is 37.6 Å². The number of carbonyl (C=O) groups is 2. The Morgan fingerprint density at radius 3 is 2.56 bits per heavy atom. The third kappa shape index (κ3) is 1.85. The molecule has 5 heteroatoms. The number of halogens is 1. The highest BCUT2D eigenvalue weighted by molar-refractivity contribution is 6.13. The lowest BCUT2D eigenvalue weighted by Gasteiger charge is -2.21. The molecule has 0 spiro atoms. The predicted molar refractivity (Wildman–Crippen MR) is 65.5 cm³/mol. The van der Waals surface area contributed by atoms with Crippen LogP contribution in [0.25, 0.3) is 0 Å². The number of anilines is 1. The van der Waals surface area contributed by atoms with Crippen LogP contribution < -0.4 is 10.2 Å². The smallest absolute Gasteiger partial charge is 0.242 e. The molecule has 1 aliphatic rings. The number of nitrogens with zero attached hydrogens (tertiary/aromatic N) is 1. The van der Waals surface area contributed by atoms with Gasteiger partial charge in [-0.25, -0.2) is 4.39 Å². The van der Waals surface area contributed by atoms with Crippen molar-refractivity contribution in [3.05, 3.63) is 30.1 Å². The van der Waals surface area contributed by atoms with Crippen molar-refractivity contribution in [3.8, 4) is 0 Å². The van der Waals surface area contributed by atoms with Gasteiger partial charge < -0.3 is 10.2 Å². The summed E-state index contributed by atoms with van der Waals surface area (Å²) >= 11 is 0. The Labute approximate surface area is 105 Å². The predicted octanol–water partition coefficient (Wildman–Crippen LogP) is 1.31. The van der Waals surface area contributed by atoms with Crippen LogP contribution in [0.3, 0.4) is 0 Å². The summed E-state index contributed by atoms with van der Waals surface area (Å²) < 4.78 is 12.8. The first-order chi connectivity index (χ1) is 8.49. The second-order valence-electron chi connectivity index (χ2n) is 4.59. The van der Waals surface area contributed by atoms with Crippen molar-refractivity contribution >= 4 is 17.5 Å². The lowest BCUT2D eigenvalue weighted by atomic mass is 9.88. The number of hydrogen-bond acceptors (Lipinski definition) is 2. The molecule has 1 aromatic rings. The molecule has 2 rings (SSSR count). The van der Waals surface area contributed by atoms with E-state index in [0.717, 1.165) is 0 Å². The monoisotopic (exact) mass is 250 g/mol. The van der Waals surface area contributed by atoms with Crippen molar-refractivity contribution < 1.29 is 14.0 Å². The van der Waals surface area contributed by atoms with E-state index >= 15 is 0 Å². The van der Waals surface area contributed by atoms with Crippen LogP contribution in [0.1, 0.15) is 13.3 Å². The molecule has 96 valence electrons. The quantitative estimate of drug-likeness (QED) is 0.805. The second kappa shape index (κ2) is 4.40. The van der Waals surface area contributed by atoms with Gasteiger partial charge in [0.25, 0.3) is 0 Å². The van der Waals surface area contributed by atoms with Crippen molar-refractivity contribution in [3.63, 3.8) is 0 Å². The molecule has 1 saturated heterocycles. The van der Waals surface area contributed by atoms with Gasteiger partial charge in [-0.1, -0.05) is 0 Å². The van der Waals surface area contributed by atoms with Crippen molar-refractivity contribution in [1.82, 2.24) is 5.32 Å². The van der Waals surface area contributed by atoms with Crippen LogP contribution in [0.15, 0.2) is 24.3 Å². The van der Waals surface area contributed by atoms with Gasteiger partial charge in [0.2, 0.25) is 11.8 Å². The SMILES string of the molecule is CNC(=O)[C@@]1(C)CCN(c2ccc(F)cc2)C1=O. The van der Waals surface area contributed by atoms with Gasteiger partial charge in [0.1, 0.15) is 11.2 Å². The van der Waals surface area contributed by atoms with E-state index in [0.29, 0.717) is 18.7 Å². The van der Waals surface area contributed by atoms with Crippen LogP contribution in [0.5, 0.6) is 0 Å². The molecular weight excluding hydrogens is 235 g/mol. The van der Waals surface area contributed by atoms with Gasteiger partial charge in [0.15, 0.2) is 0 Å². The summed E-state index contributed by atoms with van der Waals surface area (Å²) in [6.45, 7) is 2.10. The summed E-state index contributed by atoms with van der Waals surface area (Å²) in [5.74, 6) is -0.870. The van der Waals surface area contributed by atoms with Gasteiger partial charge in [-0.15, -0.1) is 0 Å². The van der Waals surface area contributed by atoms with Crippen LogP contribution >= 0.6 is 0 Å². The van der Waals surface area contributed by atoms with Crippen molar-refractivity contribution in [2.24, 2.45) is 5.41 Å². The van der Waals surface area contributed by atoms with Gasteiger partial charge >= 0.3 is 0 Å². The summed E-state index contributed by atoms with van der Waals surface area (Å²) in [7, 11) is 1.52. The molecule has 1 atom stereocenters.